The van der Waals surface area contributed by atoms with Crippen molar-refractivity contribution in [1.82, 2.24) is 0 Å². The van der Waals surface area contributed by atoms with Crippen molar-refractivity contribution in [3.63, 3.8) is 0 Å². The number of halogens is 1. The van der Waals surface area contributed by atoms with Crippen LogP contribution in [0.4, 0.5) is 5.69 Å². The van der Waals surface area contributed by atoms with Crippen LogP contribution in [-0.2, 0) is 10.0 Å². The lowest BCUT2D eigenvalue weighted by Crippen LogP contribution is -2.13. The molecule has 0 amide bonds. The number of aryl methyl sites for hydroxylation is 1. The van der Waals surface area contributed by atoms with Crippen LogP contribution in [0.1, 0.15) is 5.56 Å². The summed E-state index contributed by atoms with van der Waals surface area (Å²) in [6, 6.07) is 11.9. The maximum Gasteiger partial charge on any atom is 0.261 e. The van der Waals surface area contributed by atoms with Gasteiger partial charge in [0.2, 0.25) is 0 Å². The van der Waals surface area contributed by atoms with Crippen molar-refractivity contribution in [2.75, 3.05) is 11.8 Å². The van der Waals surface area contributed by atoms with Gasteiger partial charge in [-0.05, 0) is 59.8 Å². The fraction of sp³-hybridized carbons (Fsp3) is 0.143. The third-order valence-electron chi connectivity index (χ3n) is 2.74. The molecule has 0 spiro atoms. The Morgan fingerprint density at radius 1 is 1.10 bits per heavy atom. The largest absolute Gasteiger partial charge is 0.496 e. The second-order valence-electron chi connectivity index (χ2n) is 4.27. The van der Waals surface area contributed by atoms with Crippen LogP contribution in [-0.4, -0.2) is 15.5 Å². The lowest BCUT2D eigenvalue weighted by Gasteiger charge is -2.10. The molecular weight excluding hydrogens is 389 g/mol. The Labute approximate surface area is 132 Å². The van der Waals surface area contributed by atoms with Gasteiger partial charge >= 0.3 is 0 Å². The van der Waals surface area contributed by atoms with E-state index >= 15 is 0 Å². The SMILES string of the molecule is COc1ccc(NS(=O)(=O)c2ccc(C)cc2)cc1I. The first-order valence-electron chi connectivity index (χ1n) is 5.85. The summed E-state index contributed by atoms with van der Waals surface area (Å²) < 4.78 is 33.0. The van der Waals surface area contributed by atoms with Gasteiger partial charge in [0.1, 0.15) is 5.75 Å². The van der Waals surface area contributed by atoms with Crippen LogP contribution in [0, 0.1) is 10.5 Å². The summed E-state index contributed by atoms with van der Waals surface area (Å²) in [4.78, 5) is 0.244. The Hall–Kier alpha value is -1.28. The smallest absolute Gasteiger partial charge is 0.261 e. The highest BCUT2D eigenvalue weighted by atomic mass is 127. The number of nitrogens with one attached hydrogen (secondary N) is 1. The average Bonchev–Trinajstić information content (AvgIpc) is 2.39. The lowest BCUT2D eigenvalue weighted by molar-refractivity contribution is 0.412. The van der Waals surface area contributed by atoms with Crippen LogP contribution in [0.25, 0.3) is 0 Å². The fourth-order valence-corrected chi connectivity index (χ4v) is 3.45. The van der Waals surface area contributed by atoms with E-state index in [-0.39, 0.29) is 4.90 Å². The fourth-order valence-electron chi connectivity index (χ4n) is 1.66. The lowest BCUT2D eigenvalue weighted by atomic mass is 10.2. The third kappa shape index (κ3) is 3.43. The first-order chi connectivity index (χ1) is 9.42. The zero-order valence-corrected chi connectivity index (χ0v) is 14.0. The van der Waals surface area contributed by atoms with E-state index in [1.165, 1.54) is 0 Å². The molecule has 6 heteroatoms. The summed E-state index contributed by atoms with van der Waals surface area (Å²) >= 11 is 2.10. The number of anilines is 1. The van der Waals surface area contributed by atoms with Crippen LogP contribution in [0.3, 0.4) is 0 Å². The molecule has 0 aliphatic carbocycles. The van der Waals surface area contributed by atoms with Gasteiger partial charge in [0.25, 0.3) is 10.0 Å². The zero-order chi connectivity index (χ0) is 14.8. The maximum atomic E-state index is 12.2. The van der Waals surface area contributed by atoms with Crippen molar-refractivity contribution >= 4 is 38.3 Å². The molecule has 4 nitrogen and oxygen atoms in total. The summed E-state index contributed by atoms with van der Waals surface area (Å²) in [5.41, 5.74) is 1.53. The molecule has 0 bridgehead atoms. The molecule has 0 aliphatic rings. The van der Waals surface area contributed by atoms with E-state index < -0.39 is 10.0 Å². The van der Waals surface area contributed by atoms with Gasteiger partial charge in [-0.3, -0.25) is 4.72 Å². The molecule has 0 heterocycles. The number of hydrogen-bond acceptors (Lipinski definition) is 3. The molecule has 0 saturated heterocycles. The second-order valence-corrected chi connectivity index (χ2v) is 7.11. The maximum absolute atomic E-state index is 12.2. The summed E-state index contributed by atoms with van der Waals surface area (Å²) in [5, 5.41) is 0. The molecule has 106 valence electrons. The number of sulfonamides is 1. The molecule has 2 aromatic rings. The molecule has 2 aromatic carbocycles. The highest BCUT2D eigenvalue weighted by Gasteiger charge is 2.14. The van der Waals surface area contributed by atoms with E-state index in [2.05, 4.69) is 27.3 Å². The first kappa shape index (κ1) is 15.1. The molecule has 0 aliphatic heterocycles. The number of hydrogen-bond donors (Lipinski definition) is 1. The number of rotatable bonds is 4. The van der Waals surface area contributed by atoms with E-state index in [4.69, 9.17) is 4.74 Å². The Morgan fingerprint density at radius 2 is 1.75 bits per heavy atom. The molecule has 20 heavy (non-hydrogen) atoms. The number of methoxy groups -OCH3 is 1. The highest BCUT2D eigenvalue weighted by Crippen LogP contribution is 2.25. The quantitative estimate of drug-likeness (QED) is 0.797. The highest BCUT2D eigenvalue weighted by molar-refractivity contribution is 14.1. The third-order valence-corrected chi connectivity index (χ3v) is 4.98. The van der Waals surface area contributed by atoms with Gasteiger partial charge in [0.05, 0.1) is 21.3 Å². The van der Waals surface area contributed by atoms with Crippen molar-refractivity contribution in [2.24, 2.45) is 0 Å². The van der Waals surface area contributed by atoms with Crippen molar-refractivity contribution < 1.29 is 13.2 Å². The Balaban J connectivity index is 2.28. The van der Waals surface area contributed by atoms with Crippen molar-refractivity contribution in [3.05, 3.63) is 51.6 Å². The predicted molar refractivity (Wildman–Crippen MR) is 87.7 cm³/mol. The minimum absolute atomic E-state index is 0.244. The van der Waals surface area contributed by atoms with Gasteiger partial charge in [-0.2, -0.15) is 0 Å². The van der Waals surface area contributed by atoms with Gasteiger partial charge in [-0.15, -0.1) is 0 Å². The van der Waals surface area contributed by atoms with Crippen molar-refractivity contribution in [1.29, 1.82) is 0 Å². The predicted octanol–water partition coefficient (Wildman–Crippen LogP) is 3.41. The standard InChI is InChI=1S/C14H14INO3S/c1-10-3-6-12(7-4-10)20(17,18)16-11-5-8-14(19-2)13(15)9-11/h3-9,16H,1-2H3. The zero-order valence-electron chi connectivity index (χ0n) is 11.1. The van der Waals surface area contributed by atoms with Crippen molar-refractivity contribution in [2.45, 2.75) is 11.8 Å². The van der Waals surface area contributed by atoms with E-state index in [0.29, 0.717) is 11.4 Å². The second kappa shape index (κ2) is 6.01. The molecule has 0 atom stereocenters. The Kier molecular flexibility index (Phi) is 4.54. The van der Waals surface area contributed by atoms with Gasteiger partial charge in [0, 0.05) is 0 Å². The van der Waals surface area contributed by atoms with Crippen LogP contribution in [0.15, 0.2) is 47.4 Å². The van der Waals surface area contributed by atoms with Crippen LogP contribution in [0.5, 0.6) is 5.75 Å². The van der Waals surface area contributed by atoms with Gasteiger partial charge in [0.15, 0.2) is 0 Å². The minimum Gasteiger partial charge on any atom is -0.496 e. The summed E-state index contributed by atoms with van der Waals surface area (Å²) in [7, 11) is -1.98. The van der Waals surface area contributed by atoms with Gasteiger partial charge < -0.3 is 4.74 Å². The van der Waals surface area contributed by atoms with Crippen LogP contribution in [0.2, 0.25) is 0 Å². The van der Waals surface area contributed by atoms with Crippen LogP contribution < -0.4 is 9.46 Å². The number of ether oxygens (including phenoxy) is 1. The summed E-state index contributed by atoms with van der Waals surface area (Å²) in [6.45, 7) is 1.91. The summed E-state index contributed by atoms with van der Waals surface area (Å²) in [5.74, 6) is 0.712. The molecule has 0 aromatic heterocycles. The topological polar surface area (TPSA) is 55.4 Å². The van der Waals surface area contributed by atoms with E-state index in [1.807, 2.05) is 6.92 Å². The molecule has 0 fully saturated rings. The molecular formula is C14H14INO3S. The molecule has 0 unspecified atom stereocenters. The van der Waals surface area contributed by atoms with Crippen molar-refractivity contribution in [3.8, 4) is 5.75 Å². The monoisotopic (exact) mass is 403 g/mol. The molecule has 2 rings (SSSR count). The van der Waals surface area contributed by atoms with Gasteiger partial charge in [-0.1, -0.05) is 17.7 Å². The average molecular weight is 403 g/mol. The van der Waals surface area contributed by atoms with E-state index in [0.717, 1.165) is 9.13 Å². The first-order valence-corrected chi connectivity index (χ1v) is 8.41. The number of benzene rings is 2. The molecule has 1 N–H and O–H groups in total. The normalized spacial score (nSPS) is 11.2. The minimum atomic E-state index is -3.56. The summed E-state index contributed by atoms with van der Waals surface area (Å²) in [6.07, 6.45) is 0. The molecule has 0 radical (unpaired) electrons. The Morgan fingerprint density at radius 3 is 2.30 bits per heavy atom. The molecule has 0 saturated carbocycles. The van der Waals surface area contributed by atoms with Crippen LogP contribution >= 0.6 is 22.6 Å². The van der Waals surface area contributed by atoms with Gasteiger partial charge in [-0.25, -0.2) is 8.42 Å². The van der Waals surface area contributed by atoms with E-state index in [1.54, 1.807) is 49.6 Å². The van der Waals surface area contributed by atoms with E-state index in [9.17, 15) is 8.42 Å². The Bertz CT molecular complexity index is 712.